The number of ether oxygens (including phenoxy) is 1. The first kappa shape index (κ1) is 14.7. The maximum absolute atomic E-state index is 8.74. The molecule has 98 valence electrons. The lowest BCUT2D eigenvalue weighted by atomic mass is 10.1. The van der Waals surface area contributed by atoms with Gasteiger partial charge in [0.2, 0.25) is 0 Å². The molecule has 0 aromatic heterocycles. The van der Waals surface area contributed by atoms with E-state index < -0.39 is 0 Å². The standard InChI is InChI=1S/C15H22N2O/c1-13(17-10-4-3-5-11-18-2)15-8-6-14(12-16)7-9-15/h6-9,13,17H,3-5,10-11H2,1-2H3. The maximum Gasteiger partial charge on any atom is 0.0991 e. The summed E-state index contributed by atoms with van der Waals surface area (Å²) in [7, 11) is 1.74. The van der Waals surface area contributed by atoms with Crippen LogP contribution in [0.5, 0.6) is 0 Å². The molecule has 1 aromatic rings. The molecule has 0 aliphatic heterocycles. The third-order valence-electron chi connectivity index (χ3n) is 3.02. The smallest absolute Gasteiger partial charge is 0.0991 e. The summed E-state index contributed by atoms with van der Waals surface area (Å²) in [5.41, 5.74) is 1.94. The fourth-order valence-corrected chi connectivity index (χ4v) is 1.83. The fourth-order valence-electron chi connectivity index (χ4n) is 1.83. The van der Waals surface area contributed by atoms with E-state index in [9.17, 15) is 0 Å². The van der Waals surface area contributed by atoms with Crippen LogP contribution in [0, 0.1) is 11.3 Å². The molecule has 0 radical (unpaired) electrons. The van der Waals surface area contributed by atoms with E-state index in [1.54, 1.807) is 7.11 Å². The number of nitrogens with zero attached hydrogens (tertiary/aromatic N) is 1. The van der Waals surface area contributed by atoms with E-state index in [1.807, 2.05) is 24.3 Å². The van der Waals surface area contributed by atoms with Crippen LogP contribution < -0.4 is 5.32 Å². The molecule has 0 aliphatic rings. The number of rotatable bonds is 8. The summed E-state index contributed by atoms with van der Waals surface area (Å²) in [4.78, 5) is 0. The van der Waals surface area contributed by atoms with Gasteiger partial charge in [-0.1, -0.05) is 12.1 Å². The van der Waals surface area contributed by atoms with Crippen molar-refractivity contribution in [1.29, 1.82) is 5.26 Å². The Morgan fingerprint density at radius 3 is 2.56 bits per heavy atom. The minimum atomic E-state index is 0.333. The summed E-state index contributed by atoms with van der Waals surface area (Å²) in [6.07, 6.45) is 3.49. The van der Waals surface area contributed by atoms with Gasteiger partial charge in [0.05, 0.1) is 11.6 Å². The van der Waals surface area contributed by atoms with Crippen LogP contribution in [0.1, 0.15) is 43.4 Å². The number of unbranched alkanes of at least 4 members (excludes halogenated alkanes) is 2. The molecule has 0 saturated heterocycles. The molecule has 0 saturated carbocycles. The zero-order chi connectivity index (χ0) is 13.2. The number of hydrogen-bond acceptors (Lipinski definition) is 3. The molecule has 18 heavy (non-hydrogen) atoms. The van der Waals surface area contributed by atoms with E-state index in [2.05, 4.69) is 18.3 Å². The minimum absolute atomic E-state index is 0.333. The van der Waals surface area contributed by atoms with Crippen molar-refractivity contribution >= 4 is 0 Å². The molecule has 0 bridgehead atoms. The Balaban J connectivity index is 2.23. The lowest BCUT2D eigenvalue weighted by Crippen LogP contribution is -2.19. The third kappa shape index (κ3) is 5.31. The molecular formula is C15H22N2O. The van der Waals surface area contributed by atoms with Gasteiger partial charge in [-0.05, 0) is 50.4 Å². The highest BCUT2D eigenvalue weighted by Crippen LogP contribution is 2.13. The number of hydrogen-bond donors (Lipinski definition) is 1. The summed E-state index contributed by atoms with van der Waals surface area (Å²) in [5.74, 6) is 0. The monoisotopic (exact) mass is 246 g/mol. The number of benzene rings is 1. The van der Waals surface area contributed by atoms with E-state index >= 15 is 0 Å². The van der Waals surface area contributed by atoms with Crippen molar-refractivity contribution in [2.75, 3.05) is 20.3 Å². The molecule has 0 aliphatic carbocycles. The van der Waals surface area contributed by atoms with Crippen molar-refractivity contribution in [3.05, 3.63) is 35.4 Å². The SMILES string of the molecule is COCCCCCNC(C)c1ccc(C#N)cc1. The first-order chi connectivity index (χ1) is 8.77. The summed E-state index contributed by atoms with van der Waals surface area (Å²) >= 11 is 0. The van der Waals surface area contributed by atoms with E-state index in [0.717, 1.165) is 19.6 Å². The number of nitriles is 1. The van der Waals surface area contributed by atoms with Crippen molar-refractivity contribution in [2.24, 2.45) is 0 Å². The fraction of sp³-hybridized carbons (Fsp3) is 0.533. The van der Waals surface area contributed by atoms with E-state index in [4.69, 9.17) is 10.00 Å². The normalized spacial score (nSPS) is 12.1. The Labute approximate surface area is 110 Å². The van der Waals surface area contributed by atoms with Crippen LogP contribution in [0.3, 0.4) is 0 Å². The molecular weight excluding hydrogens is 224 g/mol. The molecule has 0 fully saturated rings. The predicted molar refractivity (Wildman–Crippen MR) is 73.3 cm³/mol. The summed E-state index contributed by atoms with van der Waals surface area (Å²) in [6, 6.07) is 10.2. The third-order valence-corrected chi connectivity index (χ3v) is 3.02. The zero-order valence-electron chi connectivity index (χ0n) is 11.3. The van der Waals surface area contributed by atoms with Crippen LogP contribution in [0.15, 0.2) is 24.3 Å². The summed E-state index contributed by atoms with van der Waals surface area (Å²) in [6.45, 7) is 4.02. The first-order valence-corrected chi connectivity index (χ1v) is 6.50. The van der Waals surface area contributed by atoms with E-state index in [-0.39, 0.29) is 0 Å². The van der Waals surface area contributed by atoms with Gasteiger partial charge in [-0.2, -0.15) is 5.26 Å². The molecule has 3 heteroatoms. The molecule has 0 heterocycles. The molecule has 1 rings (SSSR count). The van der Waals surface area contributed by atoms with E-state index in [0.29, 0.717) is 11.6 Å². The molecule has 3 nitrogen and oxygen atoms in total. The highest BCUT2D eigenvalue weighted by atomic mass is 16.5. The molecule has 1 aromatic carbocycles. The average Bonchev–Trinajstić information content (AvgIpc) is 2.42. The Hall–Kier alpha value is -1.37. The zero-order valence-corrected chi connectivity index (χ0v) is 11.3. The lowest BCUT2D eigenvalue weighted by Gasteiger charge is -2.14. The van der Waals surface area contributed by atoms with Crippen molar-refractivity contribution in [1.82, 2.24) is 5.32 Å². The Morgan fingerprint density at radius 2 is 1.94 bits per heavy atom. The van der Waals surface area contributed by atoms with Gasteiger partial charge in [0.1, 0.15) is 0 Å². The van der Waals surface area contributed by atoms with Crippen molar-refractivity contribution in [3.63, 3.8) is 0 Å². The van der Waals surface area contributed by atoms with Gasteiger partial charge < -0.3 is 10.1 Å². The minimum Gasteiger partial charge on any atom is -0.385 e. The van der Waals surface area contributed by atoms with Gasteiger partial charge in [0, 0.05) is 19.8 Å². The molecule has 1 unspecified atom stereocenters. The van der Waals surface area contributed by atoms with Crippen LogP contribution in [-0.4, -0.2) is 20.3 Å². The number of nitrogens with one attached hydrogen (secondary N) is 1. The first-order valence-electron chi connectivity index (χ1n) is 6.50. The van der Waals surface area contributed by atoms with Gasteiger partial charge in [-0.25, -0.2) is 0 Å². The van der Waals surface area contributed by atoms with Crippen LogP contribution in [0.4, 0.5) is 0 Å². The molecule has 1 atom stereocenters. The van der Waals surface area contributed by atoms with Crippen molar-refractivity contribution in [2.45, 2.75) is 32.2 Å². The van der Waals surface area contributed by atoms with Crippen LogP contribution in [0.2, 0.25) is 0 Å². The van der Waals surface area contributed by atoms with Crippen LogP contribution >= 0.6 is 0 Å². The predicted octanol–water partition coefficient (Wildman–Crippen LogP) is 3.03. The quantitative estimate of drug-likeness (QED) is 0.717. The topological polar surface area (TPSA) is 45.0 Å². The van der Waals surface area contributed by atoms with Crippen molar-refractivity contribution < 1.29 is 4.74 Å². The second-order valence-corrected chi connectivity index (χ2v) is 4.46. The largest absolute Gasteiger partial charge is 0.385 e. The highest BCUT2D eigenvalue weighted by Gasteiger charge is 2.03. The van der Waals surface area contributed by atoms with Crippen LogP contribution in [-0.2, 0) is 4.74 Å². The lowest BCUT2D eigenvalue weighted by molar-refractivity contribution is 0.192. The summed E-state index contributed by atoms with van der Waals surface area (Å²) < 4.78 is 5.01. The second-order valence-electron chi connectivity index (χ2n) is 4.46. The van der Waals surface area contributed by atoms with Gasteiger partial charge in [-0.15, -0.1) is 0 Å². The van der Waals surface area contributed by atoms with E-state index in [1.165, 1.54) is 18.4 Å². The second kappa shape index (κ2) is 8.68. The van der Waals surface area contributed by atoms with Crippen molar-refractivity contribution in [3.8, 4) is 6.07 Å². The highest BCUT2D eigenvalue weighted by molar-refractivity contribution is 5.32. The van der Waals surface area contributed by atoms with Gasteiger partial charge >= 0.3 is 0 Å². The Morgan fingerprint density at radius 1 is 1.22 bits per heavy atom. The Bertz CT molecular complexity index is 367. The van der Waals surface area contributed by atoms with Gasteiger partial charge in [-0.3, -0.25) is 0 Å². The summed E-state index contributed by atoms with van der Waals surface area (Å²) in [5, 5.41) is 12.2. The van der Waals surface area contributed by atoms with Gasteiger partial charge in [0.25, 0.3) is 0 Å². The molecule has 1 N–H and O–H groups in total. The maximum atomic E-state index is 8.74. The molecule has 0 amide bonds. The van der Waals surface area contributed by atoms with Crippen LogP contribution in [0.25, 0.3) is 0 Å². The molecule has 0 spiro atoms. The Kier molecular flexibility index (Phi) is 7.09. The number of methoxy groups -OCH3 is 1. The average molecular weight is 246 g/mol. The van der Waals surface area contributed by atoms with Gasteiger partial charge in [0.15, 0.2) is 0 Å².